The number of ether oxygens (including phenoxy) is 1. The molecular formula is C8H11FN2O2S. The number of aromatic nitrogens is 2. The fourth-order valence-electron chi connectivity index (χ4n) is 1.54. The van der Waals surface area contributed by atoms with Crippen molar-refractivity contribution in [3.63, 3.8) is 0 Å². The highest BCUT2D eigenvalue weighted by Crippen LogP contribution is 2.28. The summed E-state index contributed by atoms with van der Waals surface area (Å²) in [6.07, 6.45) is 3.75. The Morgan fingerprint density at radius 1 is 1.64 bits per heavy atom. The summed E-state index contributed by atoms with van der Waals surface area (Å²) in [6.45, 7) is 0.668. The molecule has 78 valence electrons. The summed E-state index contributed by atoms with van der Waals surface area (Å²) >= 11 is 0.368. The van der Waals surface area contributed by atoms with Crippen LogP contribution in [0.3, 0.4) is 0 Å². The van der Waals surface area contributed by atoms with Crippen molar-refractivity contribution < 1.29 is 13.7 Å². The van der Waals surface area contributed by atoms with Gasteiger partial charge in [0.15, 0.2) is 17.1 Å². The fraction of sp³-hybridized carbons (Fsp3) is 0.625. The highest BCUT2D eigenvalue weighted by atomic mass is 32.2. The van der Waals surface area contributed by atoms with Gasteiger partial charge >= 0.3 is 0 Å². The Kier molecular flexibility index (Phi) is 3.05. The van der Waals surface area contributed by atoms with Crippen molar-refractivity contribution in [2.24, 2.45) is 0 Å². The Balaban J connectivity index is 2.21. The molecule has 0 spiro atoms. The zero-order valence-corrected chi connectivity index (χ0v) is 8.34. The van der Waals surface area contributed by atoms with Crippen LogP contribution in [0.1, 0.15) is 25.5 Å². The Labute approximate surface area is 85.3 Å². The Bertz CT molecular complexity index is 312. The van der Waals surface area contributed by atoms with Gasteiger partial charge in [0.2, 0.25) is 0 Å². The first kappa shape index (κ1) is 9.95. The van der Waals surface area contributed by atoms with Gasteiger partial charge in [-0.3, -0.25) is 0 Å². The molecule has 1 saturated heterocycles. The molecule has 2 heterocycles. The smallest absolute Gasteiger partial charge is 0.177 e. The second-order valence-electron chi connectivity index (χ2n) is 3.15. The SMILES string of the molecule is OSc1c(F)cnn1C1CCCCO1. The Morgan fingerprint density at radius 3 is 3.14 bits per heavy atom. The second kappa shape index (κ2) is 4.29. The highest BCUT2D eigenvalue weighted by Gasteiger charge is 2.21. The first-order chi connectivity index (χ1) is 6.83. The van der Waals surface area contributed by atoms with Crippen molar-refractivity contribution in [1.29, 1.82) is 0 Å². The molecule has 0 aromatic carbocycles. The molecule has 0 amide bonds. The van der Waals surface area contributed by atoms with Crippen molar-refractivity contribution >= 4 is 12.0 Å². The van der Waals surface area contributed by atoms with Crippen molar-refractivity contribution in [3.05, 3.63) is 12.0 Å². The third kappa shape index (κ3) is 1.77. The number of nitrogens with zero attached hydrogens (tertiary/aromatic N) is 2. The van der Waals surface area contributed by atoms with Crippen LogP contribution in [0, 0.1) is 5.82 Å². The average Bonchev–Trinajstić information content (AvgIpc) is 2.61. The zero-order chi connectivity index (χ0) is 9.97. The lowest BCUT2D eigenvalue weighted by molar-refractivity contribution is -0.0451. The summed E-state index contributed by atoms with van der Waals surface area (Å²) in [7, 11) is 0. The van der Waals surface area contributed by atoms with Gasteiger partial charge in [0.05, 0.1) is 6.20 Å². The highest BCUT2D eigenvalue weighted by molar-refractivity contribution is 7.93. The third-order valence-electron chi connectivity index (χ3n) is 2.22. The van der Waals surface area contributed by atoms with Gasteiger partial charge in [0, 0.05) is 18.6 Å². The lowest BCUT2D eigenvalue weighted by atomic mass is 10.2. The lowest BCUT2D eigenvalue weighted by Crippen LogP contribution is -2.19. The van der Waals surface area contributed by atoms with E-state index in [1.807, 2.05) is 0 Å². The van der Waals surface area contributed by atoms with Gasteiger partial charge in [-0.15, -0.1) is 0 Å². The maximum absolute atomic E-state index is 13.0. The average molecular weight is 218 g/mol. The first-order valence-corrected chi connectivity index (χ1v) is 5.26. The summed E-state index contributed by atoms with van der Waals surface area (Å²) in [5, 5.41) is 3.97. The molecule has 1 aliphatic heterocycles. The predicted octanol–water partition coefficient (Wildman–Crippen LogP) is 2.29. The second-order valence-corrected chi connectivity index (χ2v) is 3.72. The molecular weight excluding hydrogens is 207 g/mol. The van der Waals surface area contributed by atoms with Crippen LogP contribution in [0.2, 0.25) is 0 Å². The quantitative estimate of drug-likeness (QED) is 0.774. The summed E-state index contributed by atoms with van der Waals surface area (Å²) in [5.41, 5.74) is 0. The van der Waals surface area contributed by atoms with Crippen molar-refractivity contribution in [2.75, 3.05) is 6.61 Å². The van der Waals surface area contributed by atoms with Crippen LogP contribution in [0.25, 0.3) is 0 Å². The Morgan fingerprint density at radius 2 is 2.50 bits per heavy atom. The minimum Gasteiger partial charge on any atom is -0.356 e. The van der Waals surface area contributed by atoms with Crippen LogP contribution in [0.15, 0.2) is 11.2 Å². The van der Waals surface area contributed by atoms with E-state index in [-0.39, 0.29) is 11.3 Å². The molecule has 4 nitrogen and oxygen atoms in total. The maximum atomic E-state index is 13.0. The molecule has 1 atom stereocenters. The third-order valence-corrected chi connectivity index (χ3v) is 2.78. The normalized spacial score (nSPS) is 22.6. The lowest BCUT2D eigenvalue weighted by Gasteiger charge is -2.23. The molecule has 1 fully saturated rings. The van der Waals surface area contributed by atoms with Gasteiger partial charge in [-0.05, 0) is 19.3 Å². The van der Waals surface area contributed by atoms with Crippen LogP contribution in [-0.2, 0) is 4.74 Å². The van der Waals surface area contributed by atoms with Crippen molar-refractivity contribution in [3.8, 4) is 0 Å². The van der Waals surface area contributed by atoms with E-state index in [9.17, 15) is 4.39 Å². The number of halogens is 1. The van der Waals surface area contributed by atoms with E-state index in [2.05, 4.69) is 5.10 Å². The monoisotopic (exact) mass is 218 g/mol. The van der Waals surface area contributed by atoms with E-state index in [1.54, 1.807) is 0 Å². The standard InChI is InChI=1S/C8H11FN2O2S/c9-6-5-10-11(8(6)14-12)7-3-1-2-4-13-7/h5,7,12H,1-4H2. The first-order valence-electron chi connectivity index (χ1n) is 4.49. The van der Waals surface area contributed by atoms with Gasteiger partial charge in [-0.2, -0.15) is 5.10 Å². The van der Waals surface area contributed by atoms with Gasteiger partial charge in [-0.1, -0.05) is 0 Å². The molecule has 6 heteroatoms. The van der Waals surface area contributed by atoms with Gasteiger partial charge in [0.25, 0.3) is 0 Å². The molecule has 0 radical (unpaired) electrons. The fourth-order valence-corrected chi connectivity index (χ4v) is 1.93. The largest absolute Gasteiger partial charge is 0.356 e. The van der Waals surface area contributed by atoms with Gasteiger partial charge in [-0.25, -0.2) is 9.07 Å². The molecule has 1 aromatic rings. The molecule has 1 aliphatic rings. The van der Waals surface area contributed by atoms with E-state index < -0.39 is 5.82 Å². The van der Waals surface area contributed by atoms with Crippen LogP contribution < -0.4 is 0 Å². The number of hydrogen-bond donors (Lipinski definition) is 1. The molecule has 2 rings (SSSR count). The number of rotatable bonds is 2. The molecule has 0 bridgehead atoms. The van der Waals surface area contributed by atoms with Crippen LogP contribution in [-0.4, -0.2) is 20.9 Å². The van der Waals surface area contributed by atoms with Crippen molar-refractivity contribution in [2.45, 2.75) is 30.5 Å². The molecule has 1 unspecified atom stereocenters. The van der Waals surface area contributed by atoms with Gasteiger partial charge < -0.3 is 9.29 Å². The topological polar surface area (TPSA) is 47.3 Å². The van der Waals surface area contributed by atoms with E-state index in [4.69, 9.17) is 9.29 Å². The van der Waals surface area contributed by atoms with E-state index in [0.717, 1.165) is 25.5 Å². The van der Waals surface area contributed by atoms with Crippen molar-refractivity contribution in [1.82, 2.24) is 9.78 Å². The van der Waals surface area contributed by atoms with Gasteiger partial charge in [0.1, 0.15) is 0 Å². The summed E-state index contributed by atoms with van der Waals surface area (Å²) < 4.78 is 28.8. The van der Waals surface area contributed by atoms with E-state index in [0.29, 0.717) is 18.6 Å². The van der Waals surface area contributed by atoms with Crippen LogP contribution >= 0.6 is 12.0 Å². The number of hydrogen-bond acceptors (Lipinski definition) is 4. The minimum atomic E-state index is -0.508. The summed E-state index contributed by atoms with van der Waals surface area (Å²) in [6, 6.07) is 0. The molecule has 0 saturated carbocycles. The van der Waals surface area contributed by atoms with Crippen LogP contribution in [0.5, 0.6) is 0 Å². The van der Waals surface area contributed by atoms with E-state index in [1.165, 1.54) is 4.68 Å². The predicted molar refractivity (Wildman–Crippen MR) is 49.5 cm³/mol. The molecule has 14 heavy (non-hydrogen) atoms. The van der Waals surface area contributed by atoms with Crippen LogP contribution in [0.4, 0.5) is 4.39 Å². The molecule has 0 aliphatic carbocycles. The Hall–Kier alpha value is -0.590. The molecule has 1 N–H and O–H groups in total. The maximum Gasteiger partial charge on any atom is 0.177 e. The minimum absolute atomic E-state index is 0.122. The zero-order valence-electron chi connectivity index (χ0n) is 7.52. The van der Waals surface area contributed by atoms with E-state index >= 15 is 0 Å². The summed E-state index contributed by atoms with van der Waals surface area (Å²) in [4.78, 5) is 0. The molecule has 1 aromatic heterocycles. The summed E-state index contributed by atoms with van der Waals surface area (Å²) in [5.74, 6) is -0.508.